The van der Waals surface area contributed by atoms with Crippen LogP contribution in [0.2, 0.25) is 0 Å². The molecule has 0 aliphatic heterocycles. The topological polar surface area (TPSA) is 95.9 Å². The Morgan fingerprint density at radius 3 is 1.10 bits per heavy atom. The molecule has 412 valence electrons. The molecule has 0 fully saturated rings. The minimum absolute atomic E-state index is 0.0160. The molecular weight excluding hydrogens is 863 g/mol. The lowest BCUT2D eigenvalue weighted by Crippen LogP contribution is -2.45. The van der Waals surface area contributed by atoms with Gasteiger partial charge in [0.05, 0.1) is 25.4 Å². The molecule has 0 aliphatic carbocycles. The Bertz CT molecular complexity index is 1130. The Hall–Kier alpha value is -1.92. The molecule has 0 aromatic rings. The van der Waals surface area contributed by atoms with E-state index in [0.717, 1.165) is 70.6 Å². The summed E-state index contributed by atoms with van der Waals surface area (Å²) in [6, 6.07) is -0.550. The van der Waals surface area contributed by atoms with Gasteiger partial charge in [-0.05, 0) is 83.5 Å². The van der Waals surface area contributed by atoms with Crippen LogP contribution in [0.4, 0.5) is 0 Å². The van der Waals surface area contributed by atoms with Crippen molar-refractivity contribution in [2.75, 3.05) is 13.2 Å². The van der Waals surface area contributed by atoms with Crippen LogP contribution in [0.5, 0.6) is 0 Å². The maximum Gasteiger partial charge on any atom is 0.305 e. The van der Waals surface area contributed by atoms with Gasteiger partial charge in [0.2, 0.25) is 5.91 Å². The van der Waals surface area contributed by atoms with Gasteiger partial charge in [-0.2, -0.15) is 0 Å². The maximum atomic E-state index is 12.5. The summed E-state index contributed by atoms with van der Waals surface area (Å²) < 4.78 is 5.47. The van der Waals surface area contributed by atoms with E-state index in [4.69, 9.17) is 4.74 Å². The molecule has 2 atom stereocenters. The van der Waals surface area contributed by atoms with Crippen molar-refractivity contribution >= 4 is 11.9 Å². The molecule has 2 unspecified atom stereocenters. The van der Waals surface area contributed by atoms with Gasteiger partial charge in [-0.15, -0.1) is 0 Å². The van der Waals surface area contributed by atoms with Gasteiger partial charge < -0.3 is 20.3 Å². The largest absolute Gasteiger partial charge is 0.466 e. The number of hydrogen-bond acceptors (Lipinski definition) is 5. The van der Waals surface area contributed by atoms with E-state index < -0.39 is 12.1 Å². The molecule has 3 N–H and O–H groups in total. The highest BCUT2D eigenvalue weighted by Crippen LogP contribution is 2.17. The molecule has 0 spiro atoms. The lowest BCUT2D eigenvalue weighted by atomic mass is 10.0. The van der Waals surface area contributed by atoms with E-state index in [0.29, 0.717) is 25.9 Å². The highest BCUT2D eigenvalue weighted by Gasteiger charge is 2.20. The Morgan fingerprint density at radius 2 is 0.714 bits per heavy atom. The molecule has 0 saturated heterocycles. The quantitative estimate of drug-likeness (QED) is 0.0244. The molecule has 0 radical (unpaired) electrons. The van der Waals surface area contributed by atoms with Crippen molar-refractivity contribution in [3.8, 4) is 0 Å². The number of carbonyl (C=O) groups is 2. The Kier molecular flexibility index (Phi) is 58.0. The molecule has 0 aromatic carbocycles. The van der Waals surface area contributed by atoms with Gasteiger partial charge in [0.25, 0.3) is 0 Å². The van der Waals surface area contributed by atoms with Crippen molar-refractivity contribution in [2.24, 2.45) is 0 Å². The first kappa shape index (κ1) is 68.1. The molecule has 0 aromatic heterocycles. The zero-order valence-corrected chi connectivity index (χ0v) is 47.0. The monoisotopic (exact) mass is 984 g/mol. The van der Waals surface area contributed by atoms with Crippen LogP contribution in [0.15, 0.2) is 36.5 Å². The van der Waals surface area contributed by atoms with E-state index in [-0.39, 0.29) is 18.5 Å². The number of allylic oxidation sites excluding steroid dienone is 6. The van der Waals surface area contributed by atoms with E-state index in [9.17, 15) is 19.8 Å². The normalized spacial score (nSPS) is 12.8. The first-order chi connectivity index (χ1) is 34.5. The van der Waals surface area contributed by atoms with Crippen LogP contribution in [0.25, 0.3) is 0 Å². The van der Waals surface area contributed by atoms with Crippen LogP contribution in [-0.4, -0.2) is 47.4 Å². The second-order valence-electron chi connectivity index (χ2n) is 21.4. The smallest absolute Gasteiger partial charge is 0.305 e. The van der Waals surface area contributed by atoms with E-state index in [1.807, 2.05) is 0 Å². The van der Waals surface area contributed by atoms with Crippen molar-refractivity contribution in [1.29, 1.82) is 0 Å². The molecule has 6 nitrogen and oxygen atoms in total. The highest BCUT2D eigenvalue weighted by atomic mass is 16.5. The summed E-state index contributed by atoms with van der Waals surface area (Å²) in [6.45, 7) is 4.93. The number of unbranched alkanes of at least 4 members (excludes halogenated alkanes) is 42. The first-order valence-electron chi connectivity index (χ1n) is 31.3. The Morgan fingerprint density at radius 1 is 0.400 bits per heavy atom. The summed E-state index contributed by atoms with van der Waals surface area (Å²) >= 11 is 0. The molecule has 0 rings (SSSR count). The van der Waals surface area contributed by atoms with Crippen molar-refractivity contribution < 1.29 is 24.5 Å². The lowest BCUT2D eigenvalue weighted by Gasteiger charge is -2.22. The fourth-order valence-corrected chi connectivity index (χ4v) is 9.63. The van der Waals surface area contributed by atoms with Crippen molar-refractivity contribution in [2.45, 2.75) is 347 Å². The summed E-state index contributed by atoms with van der Waals surface area (Å²) in [6.07, 6.45) is 74.4. The summed E-state index contributed by atoms with van der Waals surface area (Å²) in [7, 11) is 0. The molecule has 0 saturated carbocycles. The SMILES string of the molecule is CCCCCCCCC/C=C\CCCCCCCCCC(=O)OCCCCC/C=C\C=C/CCCCCCCCCCCCC(=O)NC(CO)C(O)CCCCCCCCCCCCCCCCCC. The third kappa shape index (κ3) is 55.4. The van der Waals surface area contributed by atoms with Crippen molar-refractivity contribution in [1.82, 2.24) is 5.32 Å². The second kappa shape index (κ2) is 59.6. The highest BCUT2D eigenvalue weighted by molar-refractivity contribution is 5.76. The number of carbonyl (C=O) groups excluding carboxylic acids is 2. The summed E-state index contributed by atoms with van der Waals surface area (Å²) in [5.41, 5.74) is 0. The minimum Gasteiger partial charge on any atom is -0.466 e. The first-order valence-corrected chi connectivity index (χ1v) is 31.3. The van der Waals surface area contributed by atoms with Crippen LogP contribution in [0, 0.1) is 0 Å². The number of hydrogen-bond donors (Lipinski definition) is 3. The molecule has 0 bridgehead atoms. The number of esters is 1. The van der Waals surface area contributed by atoms with Gasteiger partial charge in [0.1, 0.15) is 0 Å². The zero-order chi connectivity index (χ0) is 50.7. The van der Waals surface area contributed by atoms with E-state index in [2.05, 4.69) is 55.6 Å². The van der Waals surface area contributed by atoms with Crippen LogP contribution < -0.4 is 5.32 Å². The average Bonchev–Trinajstić information content (AvgIpc) is 3.36. The zero-order valence-electron chi connectivity index (χ0n) is 47.0. The standard InChI is InChI=1S/C64H121NO5/c1-3-5-7-9-11-13-15-17-19-21-26-30-34-38-42-46-50-54-58-64(69)70-59-55-51-47-43-39-35-31-27-24-22-23-25-29-33-37-41-45-49-53-57-63(68)65-61(60-66)62(67)56-52-48-44-40-36-32-28-20-18-16-14-12-10-8-6-4-2/h19,21,27,31,35,39,61-62,66-67H,3-18,20,22-26,28-30,32-34,36-38,40-60H2,1-2H3,(H,65,68)/b21-19-,31-27-,39-35-. The third-order valence-electron chi connectivity index (χ3n) is 14.4. The molecule has 6 heteroatoms. The maximum absolute atomic E-state index is 12.5. The number of rotatable bonds is 58. The Balaban J connectivity index is 3.46. The molecule has 0 aliphatic rings. The second-order valence-corrected chi connectivity index (χ2v) is 21.4. The molecular formula is C64H121NO5. The van der Waals surface area contributed by atoms with Gasteiger partial charge in [-0.25, -0.2) is 0 Å². The van der Waals surface area contributed by atoms with Gasteiger partial charge in [0, 0.05) is 12.8 Å². The molecule has 0 heterocycles. The van der Waals surface area contributed by atoms with Crippen molar-refractivity contribution in [3.63, 3.8) is 0 Å². The van der Waals surface area contributed by atoms with Gasteiger partial charge in [0.15, 0.2) is 0 Å². The summed E-state index contributed by atoms with van der Waals surface area (Å²) in [5, 5.41) is 23.3. The van der Waals surface area contributed by atoms with E-state index in [1.54, 1.807) is 0 Å². The van der Waals surface area contributed by atoms with Crippen molar-refractivity contribution in [3.05, 3.63) is 36.5 Å². The van der Waals surface area contributed by atoms with Crippen LogP contribution >= 0.6 is 0 Å². The third-order valence-corrected chi connectivity index (χ3v) is 14.4. The number of amides is 1. The lowest BCUT2D eigenvalue weighted by molar-refractivity contribution is -0.143. The number of aliphatic hydroxyl groups excluding tert-OH is 2. The van der Waals surface area contributed by atoms with Gasteiger partial charge >= 0.3 is 5.97 Å². The number of nitrogens with one attached hydrogen (secondary N) is 1. The summed E-state index contributed by atoms with van der Waals surface area (Å²) in [5.74, 6) is -0.0593. The van der Waals surface area contributed by atoms with Gasteiger partial charge in [-0.3, -0.25) is 9.59 Å². The average molecular weight is 985 g/mol. The number of ether oxygens (including phenoxy) is 1. The Labute approximate surface area is 436 Å². The molecule has 1 amide bonds. The van der Waals surface area contributed by atoms with E-state index in [1.165, 1.54) is 231 Å². The number of aliphatic hydroxyl groups is 2. The van der Waals surface area contributed by atoms with Gasteiger partial charge in [-0.1, -0.05) is 275 Å². The molecule has 70 heavy (non-hydrogen) atoms. The predicted molar refractivity (Wildman–Crippen MR) is 306 cm³/mol. The van der Waals surface area contributed by atoms with E-state index >= 15 is 0 Å². The van der Waals surface area contributed by atoms with Crippen LogP contribution in [0.1, 0.15) is 335 Å². The fourth-order valence-electron chi connectivity index (χ4n) is 9.63. The van der Waals surface area contributed by atoms with Crippen LogP contribution in [-0.2, 0) is 14.3 Å². The fraction of sp³-hybridized carbons (Fsp3) is 0.875. The minimum atomic E-state index is -0.672. The summed E-state index contributed by atoms with van der Waals surface area (Å²) in [4.78, 5) is 24.6. The predicted octanol–water partition coefficient (Wildman–Crippen LogP) is 19.6. The van der Waals surface area contributed by atoms with Crippen LogP contribution in [0.3, 0.4) is 0 Å².